The monoisotopic (exact) mass is 312 g/mol. The van der Waals surface area contributed by atoms with Crippen LogP contribution in [0.2, 0.25) is 0 Å². The second kappa shape index (κ2) is 7.00. The van der Waals surface area contributed by atoms with Crippen molar-refractivity contribution in [1.29, 1.82) is 0 Å². The van der Waals surface area contributed by atoms with Gasteiger partial charge in [-0.3, -0.25) is 9.59 Å². The van der Waals surface area contributed by atoms with Crippen LogP contribution < -0.4 is 0 Å². The van der Waals surface area contributed by atoms with E-state index in [9.17, 15) is 9.59 Å². The summed E-state index contributed by atoms with van der Waals surface area (Å²) >= 11 is 1.40. The van der Waals surface area contributed by atoms with E-state index in [0.29, 0.717) is 12.2 Å². The Hall–Kier alpha value is -1.47. The summed E-state index contributed by atoms with van der Waals surface area (Å²) < 4.78 is 5.55. The molecule has 7 heteroatoms. The maximum atomic E-state index is 12.4. The van der Waals surface area contributed by atoms with Crippen molar-refractivity contribution < 1.29 is 19.4 Å². The van der Waals surface area contributed by atoms with E-state index in [4.69, 9.17) is 9.84 Å². The highest BCUT2D eigenvalue weighted by Crippen LogP contribution is 2.30. The zero-order valence-electron chi connectivity index (χ0n) is 12.2. The average molecular weight is 312 g/mol. The Morgan fingerprint density at radius 3 is 2.90 bits per heavy atom. The number of carbonyl (C=O) groups is 2. The van der Waals surface area contributed by atoms with Crippen molar-refractivity contribution in [3.05, 3.63) is 16.1 Å². The first-order valence-electron chi connectivity index (χ1n) is 7.05. The number of aromatic nitrogens is 1. The Morgan fingerprint density at radius 2 is 2.33 bits per heavy atom. The second-order valence-corrected chi connectivity index (χ2v) is 6.44. The molecule has 21 heavy (non-hydrogen) atoms. The van der Waals surface area contributed by atoms with Crippen molar-refractivity contribution in [3.8, 4) is 0 Å². The van der Waals surface area contributed by atoms with Crippen LogP contribution >= 0.6 is 11.3 Å². The lowest BCUT2D eigenvalue weighted by atomic mass is 10.2. The molecule has 0 bridgehead atoms. The van der Waals surface area contributed by atoms with Crippen LogP contribution in [0, 0.1) is 5.92 Å². The molecule has 1 fully saturated rings. The molecule has 1 atom stereocenters. The summed E-state index contributed by atoms with van der Waals surface area (Å²) in [5.74, 6) is -1.14. The van der Waals surface area contributed by atoms with Gasteiger partial charge in [0.05, 0.1) is 0 Å². The van der Waals surface area contributed by atoms with Gasteiger partial charge in [0.2, 0.25) is 0 Å². The van der Waals surface area contributed by atoms with E-state index >= 15 is 0 Å². The third-order valence-corrected chi connectivity index (χ3v) is 4.08. The third kappa shape index (κ3) is 4.25. The Bertz CT molecular complexity index is 509. The summed E-state index contributed by atoms with van der Waals surface area (Å²) in [6.07, 6.45) is 1.91. The zero-order valence-corrected chi connectivity index (χ0v) is 13.1. The molecule has 1 saturated heterocycles. The standard InChI is InChI=1S/C14H20N2O4S/c1-9(2)6-16(7-12(17)18)14(19)10-8-21-13(15-10)11-4-3-5-20-11/h8-9,11H,3-7H2,1-2H3,(H,17,18). The molecule has 1 aromatic rings. The number of hydrogen-bond acceptors (Lipinski definition) is 5. The highest BCUT2D eigenvalue weighted by Gasteiger charge is 2.25. The molecule has 0 saturated carbocycles. The first-order chi connectivity index (χ1) is 9.97. The minimum Gasteiger partial charge on any atom is -0.480 e. The molecule has 1 aliphatic rings. The Morgan fingerprint density at radius 1 is 1.57 bits per heavy atom. The predicted octanol–water partition coefficient (Wildman–Crippen LogP) is 2.18. The molecule has 1 aliphatic heterocycles. The molecule has 2 rings (SSSR count). The number of carboxylic acids is 1. The van der Waals surface area contributed by atoms with E-state index in [-0.39, 0.29) is 24.5 Å². The number of carbonyl (C=O) groups excluding carboxylic acids is 1. The Kier molecular flexibility index (Phi) is 5.30. The quantitative estimate of drug-likeness (QED) is 0.871. The van der Waals surface area contributed by atoms with Crippen molar-refractivity contribution in [2.75, 3.05) is 19.7 Å². The fourth-order valence-corrected chi connectivity index (χ4v) is 3.17. The van der Waals surface area contributed by atoms with Crippen LogP contribution in [0.4, 0.5) is 0 Å². The van der Waals surface area contributed by atoms with E-state index in [1.165, 1.54) is 16.2 Å². The number of hydrogen-bond donors (Lipinski definition) is 1. The lowest BCUT2D eigenvalue weighted by molar-refractivity contribution is -0.137. The van der Waals surface area contributed by atoms with Gasteiger partial charge in [0.1, 0.15) is 23.4 Å². The molecule has 1 unspecified atom stereocenters. The number of aliphatic carboxylic acids is 1. The largest absolute Gasteiger partial charge is 0.480 e. The molecule has 2 heterocycles. The number of carboxylic acid groups (broad SMARTS) is 1. The summed E-state index contributed by atoms with van der Waals surface area (Å²) in [5, 5.41) is 11.4. The summed E-state index contributed by atoms with van der Waals surface area (Å²) in [7, 11) is 0. The number of nitrogens with zero attached hydrogens (tertiary/aromatic N) is 2. The van der Waals surface area contributed by atoms with E-state index in [1.807, 2.05) is 13.8 Å². The molecular weight excluding hydrogens is 292 g/mol. The van der Waals surface area contributed by atoms with Crippen molar-refractivity contribution in [3.63, 3.8) is 0 Å². The maximum absolute atomic E-state index is 12.4. The van der Waals surface area contributed by atoms with Crippen molar-refractivity contribution in [1.82, 2.24) is 9.88 Å². The molecule has 0 radical (unpaired) electrons. The summed E-state index contributed by atoms with van der Waals surface area (Å²) in [4.78, 5) is 29.0. The van der Waals surface area contributed by atoms with Gasteiger partial charge in [-0.2, -0.15) is 0 Å². The van der Waals surface area contributed by atoms with Crippen LogP contribution in [0.25, 0.3) is 0 Å². The van der Waals surface area contributed by atoms with Gasteiger partial charge < -0.3 is 14.7 Å². The smallest absolute Gasteiger partial charge is 0.323 e. The van der Waals surface area contributed by atoms with Crippen molar-refractivity contribution in [2.24, 2.45) is 5.92 Å². The van der Waals surface area contributed by atoms with Crippen molar-refractivity contribution >= 4 is 23.2 Å². The van der Waals surface area contributed by atoms with E-state index in [2.05, 4.69) is 4.98 Å². The molecule has 1 aromatic heterocycles. The highest BCUT2D eigenvalue weighted by molar-refractivity contribution is 7.09. The Labute approximate surface area is 127 Å². The predicted molar refractivity (Wildman–Crippen MR) is 78.4 cm³/mol. The molecule has 0 spiro atoms. The number of ether oxygens (including phenoxy) is 1. The second-order valence-electron chi connectivity index (χ2n) is 5.55. The number of thiazole rings is 1. The number of amides is 1. The van der Waals surface area contributed by atoms with Gasteiger partial charge in [-0.15, -0.1) is 11.3 Å². The van der Waals surface area contributed by atoms with Crippen LogP contribution in [-0.4, -0.2) is 46.6 Å². The van der Waals surface area contributed by atoms with Gasteiger partial charge >= 0.3 is 5.97 Å². The fourth-order valence-electron chi connectivity index (χ4n) is 2.29. The molecule has 1 N–H and O–H groups in total. The lowest BCUT2D eigenvalue weighted by Gasteiger charge is -2.21. The molecule has 0 aliphatic carbocycles. The third-order valence-electron chi connectivity index (χ3n) is 3.15. The minimum absolute atomic E-state index is 0.0189. The molecule has 6 nitrogen and oxygen atoms in total. The van der Waals surface area contributed by atoms with Gasteiger partial charge in [0.25, 0.3) is 5.91 Å². The van der Waals surface area contributed by atoms with Crippen LogP contribution in [0.1, 0.15) is 48.3 Å². The normalized spacial score (nSPS) is 18.1. The molecule has 0 aromatic carbocycles. The summed E-state index contributed by atoms with van der Waals surface area (Å²) in [5.41, 5.74) is 0.312. The molecule has 116 valence electrons. The van der Waals surface area contributed by atoms with Crippen molar-refractivity contribution in [2.45, 2.75) is 32.8 Å². The highest BCUT2D eigenvalue weighted by atomic mass is 32.1. The average Bonchev–Trinajstić information content (AvgIpc) is 3.06. The summed E-state index contributed by atoms with van der Waals surface area (Å²) in [6.45, 7) is 4.72. The SMILES string of the molecule is CC(C)CN(CC(=O)O)C(=O)c1csc(C2CCCO2)n1. The molecule has 1 amide bonds. The topological polar surface area (TPSA) is 79.7 Å². The zero-order chi connectivity index (χ0) is 15.4. The van der Waals surface area contributed by atoms with Gasteiger partial charge in [0.15, 0.2) is 0 Å². The maximum Gasteiger partial charge on any atom is 0.323 e. The lowest BCUT2D eigenvalue weighted by Crippen LogP contribution is -2.38. The van der Waals surface area contributed by atoms with Gasteiger partial charge in [0, 0.05) is 18.5 Å². The minimum atomic E-state index is -1.02. The Balaban J connectivity index is 2.10. The van der Waals surface area contributed by atoms with Crippen LogP contribution in [0.3, 0.4) is 0 Å². The van der Waals surface area contributed by atoms with E-state index < -0.39 is 5.97 Å². The molecular formula is C14H20N2O4S. The first-order valence-corrected chi connectivity index (χ1v) is 7.93. The van der Waals surface area contributed by atoms with E-state index in [1.54, 1.807) is 5.38 Å². The van der Waals surface area contributed by atoms with Crippen LogP contribution in [0.5, 0.6) is 0 Å². The first kappa shape index (κ1) is 15.9. The van der Waals surface area contributed by atoms with Gasteiger partial charge in [-0.25, -0.2) is 4.98 Å². The van der Waals surface area contributed by atoms with Crippen LogP contribution in [0.15, 0.2) is 5.38 Å². The fraction of sp³-hybridized carbons (Fsp3) is 0.643. The summed E-state index contributed by atoms with van der Waals surface area (Å²) in [6, 6.07) is 0. The van der Waals surface area contributed by atoms with Gasteiger partial charge in [-0.05, 0) is 18.8 Å². The van der Waals surface area contributed by atoms with Gasteiger partial charge in [-0.1, -0.05) is 13.8 Å². The van der Waals surface area contributed by atoms with E-state index in [0.717, 1.165) is 24.5 Å². The van der Waals surface area contributed by atoms with Crippen LogP contribution in [-0.2, 0) is 9.53 Å². The number of rotatable bonds is 6.